The molecule has 0 atom stereocenters. The van der Waals surface area contributed by atoms with E-state index >= 15 is 0 Å². The Balaban J connectivity index is 1.96. The number of ether oxygens (including phenoxy) is 1. The Bertz CT molecular complexity index is 570. The number of hydrogen-bond acceptors (Lipinski definition) is 2. The molecule has 0 aliphatic carbocycles. The molecule has 0 amide bonds. The van der Waals surface area contributed by atoms with Gasteiger partial charge < -0.3 is 9.30 Å². The van der Waals surface area contributed by atoms with Gasteiger partial charge in [-0.05, 0) is 32.0 Å². The Morgan fingerprint density at radius 3 is 2.44 bits per heavy atom. The Kier molecular flexibility index (Phi) is 3.82. The van der Waals surface area contributed by atoms with Crippen molar-refractivity contribution < 1.29 is 4.74 Å². The van der Waals surface area contributed by atoms with Crippen molar-refractivity contribution in [3.05, 3.63) is 64.1 Å². The lowest BCUT2D eigenvalue weighted by Gasteiger charge is -2.10. The van der Waals surface area contributed by atoms with Crippen LogP contribution in [0.5, 0.6) is 5.75 Å². The maximum Gasteiger partial charge on any atom is 0.250 e. The van der Waals surface area contributed by atoms with Crippen molar-refractivity contribution in [1.82, 2.24) is 4.57 Å². The monoisotopic (exact) mass is 243 g/mol. The minimum atomic E-state index is 0.0162. The zero-order valence-corrected chi connectivity index (χ0v) is 10.7. The zero-order valence-electron chi connectivity index (χ0n) is 10.7. The first-order valence-corrected chi connectivity index (χ1v) is 6.03. The number of hydrogen-bond donors (Lipinski definition) is 0. The summed E-state index contributed by atoms with van der Waals surface area (Å²) in [5, 5.41) is 0. The van der Waals surface area contributed by atoms with Crippen LogP contribution in [0, 0.1) is 13.8 Å². The van der Waals surface area contributed by atoms with Gasteiger partial charge in [-0.2, -0.15) is 0 Å². The second kappa shape index (κ2) is 5.54. The van der Waals surface area contributed by atoms with Gasteiger partial charge in [0.1, 0.15) is 12.4 Å². The van der Waals surface area contributed by atoms with E-state index in [2.05, 4.69) is 0 Å². The summed E-state index contributed by atoms with van der Waals surface area (Å²) in [6.45, 7) is 5.02. The zero-order chi connectivity index (χ0) is 13.0. The second-order valence-corrected chi connectivity index (χ2v) is 4.32. The van der Waals surface area contributed by atoms with Gasteiger partial charge in [-0.25, -0.2) is 0 Å². The van der Waals surface area contributed by atoms with E-state index in [1.165, 1.54) is 5.56 Å². The standard InChI is InChI=1S/C15H17NO2/c1-12-6-8-14(9-7-12)18-11-10-16-13(2)4-3-5-15(16)17/h3-9H,10-11H2,1-2H3. The van der Waals surface area contributed by atoms with Crippen LogP contribution in [0.15, 0.2) is 47.3 Å². The van der Waals surface area contributed by atoms with Crippen molar-refractivity contribution in [3.63, 3.8) is 0 Å². The largest absolute Gasteiger partial charge is 0.492 e. The van der Waals surface area contributed by atoms with Crippen molar-refractivity contribution in [2.24, 2.45) is 0 Å². The molecular formula is C15H17NO2. The van der Waals surface area contributed by atoms with Crippen LogP contribution in [0.3, 0.4) is 0 Å². The summed E-state index contributed by atoms with van der Waals surface area (Å²) in [5.41, 5.74) is 2.18. The Hall–Kier alpha value is -2.03. The third kappa shape index (κ3) is 3.00. The first-order valence-electron chi connectivity index (χ1n) is 6.03. The van der Waals surface area contributed by atoms with E-state index in [0.717, 1.165) is 11.4 Å². The van der Waals surface area contributed by atoms with Gasteiger partial charge in [0.15, 0.2) is 0 Å². The third-order valence-electron chi connectivity index (χ3n) is 2.87. The van der Waals surface area contributed by atoms with E-state index < -0.39 is 0 Å². The Morgan fingerprint density at radius 2 is 1.78 bits per heavy atom. The predicted molar refractivity (Wildman–Crippen MR) is 72.1 cm³/mol. The lowest BCUT2D eigenvalue weighted by Crippen LogP contribution is -2.23. The minimum absolute atomic E-state index is 0.0162. The summed E-state index contributed by atoms with van der Waals surface area (Å²) in [6.07, 6.45) is 0. The molecule has 1 heterocycles. The first kappa shape index (κ1) is 12.4. The van der Waals surface area contributed by atoms with Crippen molar-refractivity contribution in [1.29, 1.82) is 0 Å². The number of rotatable bonds is 4. The number of aromatic nitrogens is 1. The van der Waals surface area contributed by atoms with E-state index in [1.54, 1.807) is 16.7 Å². The van der Waals surface area contributed by atoms with Gasteiger partial charge in [-0.1, -0.05) is 23.8 Å². The summed E-state index contributed by atoms with van der Waals surface area (Å²) in [7, 11) is 0. The van der Waals surface area contributed by atoms with Gasteiger partial charge in [-0.3, -0.25) is 4.79 Å². The fraction of sp³-hybridized carbons (Fsp3) is 0.267. The SMILES string of the molecule is Cc1ccc(OCCn2c(C)cccc2=O)cc1. The summed E-state index contributed by atoms with van der Waals surface area (Å²) >= 11 is 0. The summed E-state index contributed by atoms with van der Waals surface area (Å²) < 4.78 is 7.33. The molecule has 2 rings (SSSR count). The fourth-order valence-corrected chi connectivity index (χ4v) is 1.80. The van der Waals surface area contributed by atoms with E-state index in [9.17, 15) is 4.79 Å². The van der Waals surface area contributed by atoms with Crippen LogP contribution in [0.2, 0.25) is 0 Å². The average molecular weight is 243 g/mol. The predicted octanol–water partition coefficient (Wildman–Crippen LogP) is 2.54. The normalized spacial score (nSPS) is 10.3. The number of pyridine rings is 1. The number of benzene rings is 1. The van der Waals surface area contributed by atoms with Crippen molar-refractivity contribution in [2.75, 3.05) is 6.61 Å². The molecule has 0 bridgehead atoms. The third-order valence-corrected chi connectivity index (χ3v) is 2.87. The number of aryl methyl sites for hydroxylation is 2. The molecule has 3 heteroatoms. The number of nitrogens with zero attached hydrogens (tertiary/aromatic N) is 1. The highest BCUT2D eigenvalue weighted by molar-refractivity contribution is 5.26. The van der Waals surface area contributed by atoms with Crippen molar-refractivity contribution in [2.45, 2.75) is 20.4 Å². The van der Waals surface area contributed by atoms with E-state index in [-0.39, 0.29) is 5.56 Å². The molecule has 0 aliphatic rings. The smallest absolute Gasteiger partial charge is 0.250 e. The van der Waals surface area contributed by atoms with Crippen LogP contribution in [0.25, 0.3) is 0 Å². The molecule has 0 aliphatic heterocycles. The quantitative estimate of drug-likeness (QED) is 0.826. The highest BCUT2D eigenvalue weighted by atomic mass is 16.5. The maximum atomic E-state index is 11.6. The van der Waals surface area contributed by atoms with Gasteiger partial charge in [0.2, 0.25) is 0 Å². The molecule has 18 heavy (non-hydrogen) atoms. The molecule has 2 aromatic rings. The van der Waals surface area contributed by atoms with Gasteiger partial charge >= 0.3 is 0 Å². The van der Waals surface area contributed by atoms with Crippen LogP contribution >= 0.6 is 0 Å². The lowest BCUT2D eigenvalue weighted by molar-refractivity contribution is 0.295. The van der Waals surface area contributed by atoms with E-state index in [0.29, 0.717) is 13.2 Å². The molecular weight excluding hydrogens is 226 g/mol. The fourth-order valence-electron chi connectivity index (χ4n) is 1.80. The highest BCUT2D eigenvalue weighted by Crippen LogP contribution is 2.11. The Morgan fingerprint density at radius 1 is 1.06 bits per heavy atom. The van der Waals surface area contributed by atoms with Gasteiger partial charge in [0.05, 0.1) is 6.54 Å². The van der Waals surface area contributed by atoms with Gasteiger partial charge in [0, 0.05) is 11.8 Å². The summed E-state index contributed by atoms with van der Waals surface area (Å²) in [4.78, 5) is 11.6. The molecule has 1 aromatic carbocycles. The van der Waals surface area contributed by atoms with Gasteiger partial charge in [0.25, 0.3) is 5.56 Å². The lowest BCUT2D eigenvalue weighted by atomic mass is 10.2. The topological polar surface area (TPSA) is 31.2 Å². The van der Waals surface area contributed by atoms with E-state index in [1.807, 2.05) is 44.2 Å². The van der Waals surface area contributed by atoms with Crippen molar-refractivity contribution >= 4 is 0 Å². The molecule has 0 radical (unpaired) electrons. The molecule has 94 valence electrons. The maximum absolute atomic E-state index is 11.6. The van der Waals surface area contributed by atoms with Crippen LogP contribution in [-0.2, 0) is 6.54 Å². The highest BCUT2D eigenvalue weighted by Gasteiger charge is 1.99. The molecule has 1 aromatic heterocycles. The molecule has 0 spiro atoms. The second-order valence-electron chi connectivity index (χ2n) is 4.32. The molecule has 0 fully saturated rings. The van der Waals surface area contributed by atoms with E-state index in [4.69, 9.17) is 4.74 Å². The minimum Gasteiger partial charge on any atom is -0.492 e. The molecule has 0 saturated carbocycles. The Labute approximate surface area is 107 Å². The van der Waals surface area contributed by atoms with Crippen LogP contribution in [-0.4, -0.2) is 11.2 Å². The average Bonchev–Trinajstić information content (AvgIpc) is 2.35. The molecule has 0 N–H and O–H groups in total. The summed E-state index contributed by atoms with van der Waals surface area (Å²) in [6, 6.07) is 13.2. The van der Waals surface area contributed by atoms with Crippen molar-refractivity contribution in [3.8, 4) is 5.75 Å². The first-order chi connectivity index (χ1) is 8.66. The van der Waals surface area contributed by atoms with Crippen LogP contribution < -0.4 is 10.3 Å². The molecule has 0 saturated heterocycles. The van der Waals surface area contributed by atoms with Gasteiger partial charge in [-0.15, -0.1) is 0 Å². The van der Waals surface area contributed by atoms with Crippen LogP contribution in [0.4, 0.5) is 0 Å². The summed E-state index contributed by atoms with van der Waals surface area (Å²) in [5.74, 6) is 0.835. The molecule has 0 unspecified atom stereocenters. The van der Waals surface area contributed by atoms with Crippen LogP contribution in [0.1, 0.15) is 11.3 Å². The molecule has 3 nitrogen and oxygen atoms in total.